The molecule has 0 atom stereocenters. The van der Waals surface area contributed by atoms with Crippen LogP contribution >= 0.6 is 0 Å². The molecule has 2 N–H and O–H groups in total. The Morgan fingerprint density at radius 1 is 1.04 bits per heavy atom. The van der Waals surface area contributed by atoms with Crippen LogP contribution in [0.3, 0.4) is 0 Å². The Kier molecular flexibility index (Phi) is 8.78. The first-order valence-corrected chi connectivity index (χ1v) is 9.84. The van der Waals surface area contributed by atoms with Crippen molar-refractivity contribution in [2.24, 2.45) is 5.10 Å². The number of methoxy groups -OCH3 is 2. The molecule has 1 aromatic carbocycles. The van der Waals surface area contributed by atoms with Gasteiger partial charge in [-0.3, -0.25) is 9.59 Å². The fraction of sp³-hybridized carbons (Fsp3) is 0.571. The summed E-state index contributed by atoms with van der Waals surface area (Å²) in [5.74, 6) is 0.890. The minimum absolute atomic E-state index is 0.0395. The molecule has 0 heterocycles. The molecule has 0 bridgehead atoms. The summed E-state index contributed by atoms with van der Waals surface area (Å²) in [6, 6.07) is 5.59. The van der Waals surface area contributed by atoms with E-state index in [-0.39, 0.29) is 30.7 Å². The second kappa shape index (κ2) is 11.3. The second-order valence-electron chi connectivity index (χ2n) is 7.18. The van der Waals surface area contributed by atoms with Gasteiger partial charge in [0.15, 0.2) is 11.5 Å². The van der Waals surface area contributed by atoms with Gasteiger partial charge in [-0.05, 0) is 37.5 Å². The molecule has 7 heteroatoms. The number of rotatable bonds is 8. The van der Waals surface area contributed by atoms with E-state index in [0.29, 0.717) is 17.2 Å². The monoisotopic (exact) mass is 389 g/mol. The van der Waals surface area contributed by atoms with Crippen molar-refractivity contribution in [2.75, 3.05) is 14.2 Å². The average Bonchev–Trinajstić information content (AvgIpc) is 2.94. The molecule has 154 valence electrons. The largest absolute Gasteiger partial charge is 0.493 e. The standard InChI is InChI=1S/C21H31N3O4/c1-15(12-20(25)22-17-8-6-4-5-7-9-17)23-24-21(26)14-16-10-11-18(27-2)19(13-16)28-3/h10-11,13,17H,4-9,12,14H2,1-3H3,(H,22,25)(H,24,26)/b23-15-. The number of ether oxygens (including phenoxy) is 2. The first-order valence-electron chi connectivity index (χ1n) is 9.84. The van der Waals surface area contributed by atoms with E-state index in [1.54, 1.807) is 39.3 Å². The number of nitrogens with zero attached hydrogens (tertiary/aromatic N) is 1. The molecule has 1 aromatic rings. The molecule has 1 aliphatic carbocycles. The predicted octanol–water partition coefficient (Wildman–Crippen LogP) is 2.97. The summed E-state index contributed by atoms with van der Waals surface area (Å²) in [4.78, 5) is 24.3. The molecular formula is C21H31N3O4. The number of carbonyl (C=O) groups is 2. The molecule has 0 spiro atoms. The highest BCUT2D eigenvalue weighted by atomic mass is 16.5. The summed E-state index contributed by atoms with van der Waals surface area (Å²) in [6.45, 7) is 1.74. The second-order valence-corrected chi connectivity index (χ2v) is 7.18. The van der Waals surface area contributed by atoms with Gasteiger partial charge in [0.25, 0.3) is 0 Å². The van der Waals surface area contributed by atoms with Gasteiger partial charge in [-0.25, -0.2) is 5.43 Å². The van der Waals surface area contributed by atoms with Crippen LogP contribution in [-0.4, -0.2) is 37.8 Å². The number of nitrogens with one attached hydrogen (secondary N) is 2. The Morgan fingerprint density at radius 3 is 2.36 bits per heavy atom. The zero-order chi connectivity index (χ0) is 20.4. The Morgan fingerprint density at radius 2 is 1.71 bits per heavy atom. The highest BCUT2D eigenvalue weighted by molar-refractivity contribution is 6.00. The van der Waals surface area contributed by atoms with Crippen LogP contribution in [-0.2, 0) is 16.0 Å². The molecule has 0 saturated heterocycles. The van der Waals surface area contributed by atoms with Gasteiger partial charge in [0, 0.05) is 11.8 Å². The van der Waals surface area contributed by atoms with Gasteiger partial charge in [0.05, 0.1) is 27.1 Å². The summed E-state index contributed by atoms with van der Waals surface area (Å²) in [7, 11) is 3.11. The van der Waals surface area contributed by atoms with E-state index in [1.807, 2.05) is 0 Å². The summed E-state index contributed by atoms with van der Waals surface area (Å²) in [5, 5.41) is 7.13. The van der Waals surface area contributed by atoms with Crippen LogP contribution in [0.25, 0.3) is 0 Å². The van der Waals surface area contributed by atoms with E-state index in [0.717, 1.165) is 18.4 Å². The van der Waals surface area contributed by atoms with E-state index >= 15 is 0 Å². The third-order valence-corrected chi connectivity index (χ3v) is 4.82. The number of hydrogen-bond acceptors (Lipinski definition) is 5. The maximum atomic E-state index is 12.2. The zero-order valence-electron chi connectivity index (χ0n) is 17.0. The topological polar surface area (TPSA) is 89.0 Å². The first-order chi connectivity index (χ1) is 13.5. The van der Waals surface area contributed by atoms with Gasteiger partial charge >= 0.3 is 0 Å². The third kappa shape index (κ3) is 7.21. The van der Waals surface area contributed by atoms with E-state index in [9.17, 15) is 9.59 Å². The van der Waals surface area contributed by atoms with Crippen LogP contribution < -0.4 is 20.2 Å². The van der Waals surface area contributed by atoms with Crippen LogP contribution in [0.1, 0.15) is 57.4 Å². The molecule has 1 aliphatic rings. The summed E-state index contributed by atoms with van der Waals surface area (Å²) in [5.41, 5.74) is 3.87. The van der Waals surface area contributed by atoms with Crippen LogP contribution in [0.2, 0.25) is 0 Å². The number of hydrogen-bond donors (Lipinski definition) is 2. The van der Waals surface area contributed by atoms with Crippen molar-refractivity contribution in [1.29, 1.82) is 0 Å². The molecular weight excluding hydrogens is 358 g/mol. The van der Waals surface area contributed by atoms with Gasteiger partial charge in [-0.15, -0.1) is 0 Å². The van der Waals surface area contributed by atoms with E-state index < -0.39 is 0 Å². The number of carbonyl (C=O) groups excluding carboxylic acids is 2. The molecule has 0 aliphatic heterocycles. The lowest BCUT2D eigenvalue weighted by molar-refractivity contribution is -0.121. The zero-order valence-corrected chi connectivity index (χ0v) is 17.0. The molecule has 2 amide bonds. The molecule has 28 heavy (non-hydrogen) atoms. The quantitative estimate of drug-likeness (QED) is 0.406. The lowest BCUT2D eigenvalue weighted by Gasteiger charge is -2.16. The van der Waals surface area contributed by atoms with Crippen LogP contribution in [0, 0.1) is 0 Å². The van der Waals surface area contributed by atoms with Crippen LogP contribution in [0.4, 0.5) is 0 Å². The van der Waals surface area contributed by atoms with Gasteiger partial charge < -0.3 is 14.8 Å². The van der Waals surface area contributed by atoms with Crippen molar-refractivity contribution < 1.29 is 19.1 Å². The first kappa shape index (κ1) is 21.7. The van der Waals surface area contributed by atoms with E-state index in [2.05, 4.69) is 15.8 Å². The van der Waals surface area contributed by atoms with Gasteiger partial charge in [-0.1, -0.05) is 31.7 Å². The number of amides is 2. The summed E-state index contributed by atoms with van der Waals surface area (Å²) < 4.78 is 10.4. The van der Waals surface area contributed by atoms with Crippen molar-refractivity contribution in [3.63, 3.8) is 0 Å². The molecule has 1 saturated carbocycles. The predicted molar refractivity (Wildman–Crippen MR) is 109 cm³/mol. The van der Waals surface area contributed by atoms with Crippen molar-refractivity contribution in [3.8, 4) is 11.5 Å². The van der Waals surface area contributed by atoms with Crippen molar-refractivity contribution in [1.82, 2.24) is 10.7 Å². The van der Waals surface area contributed by atoms with E-state index in [4.69, 9.17) is 9.47 Å². The van der Waals surface area contributed by atoms with Crippen molar-refractivity contribution in [2.45, 2.75) is 64.3 Å². The molecule has 0 unspecified atom stereocenters. The highest BCUT2D eigenvalue weighted by Gasteiger charge is 2.15. The van der Waals surface area contributed by atoms with Gasteiger partial charge in [0.1, 0.15) is 0 Å². The van der Waals surface area contributed by atoms with Crippen LogP contribution in [0.15, 0.2) is 23.3 Å². The fourth-order valence-electron chi connectivity index (χ4n) is 3.35. The molecule has 7 nitrogen and oxygen atoms in total. The Labute approximate surface area is 166 Å². The number of hydrazone groups is 1. The lowest BCUT2D eigenvalue weighted by atomic mass is 10.1. The number of benzene rings is 1. The minimum Gasteiger partial charge on any atom is -0.493 e. The summed E-state index contributed by atoms with van der Waals surface area (Å²) >= 11 is 0. The molecule has 1 fully saturated rings. The van der Waals surface area contributed by atoms with Crippen molar-refractivity contribution in [3.05, 3.63) is 23.8 Å². The summed E-state index contributed by atoms with van der Waals surface area (Å²) in [6.07, 6.45) is 7.28. The maximum absolute atomic E-state index is 12.2. The van der Waals surface area contributed by atoms with Crippen molar-refractivity contribution >= 4 is 17.5 Å². The van der Waals surface area contributed by atoms with E-state index in [1.165, 1.54) is 25.7 Å². The lowest BCUT2D eigenvalue weighted by Crippen LogP contribution is -2.35. The van der Waals surface area contributed by atoms with Crippen LogP contribution in [0.5, 0.6) is 11.5 Å². The Balaban J connectivity index is 1.79. The fourth-order valence-corrected chi connectivity index (χ4v) is 3.35. The van der Waals surface area contributed by atoms with Gasteiger partial charge in [0.2, 0.25) is 11.8 Å². The Hall–Kier alpha value is -2.57. The molecule has 0 aromatic heterocycles. The Bertz CT molecular complexity index is 695. The third-order valence-electron chi connectivity index (χ3n) is 4.82. The minimum atomic E-state index is -0.254. The molecule has 0 radical (unpaired) electrons. The molecule has 2 rings (SSSR count). The average molecular weight is 389 g/mol. The SMILES string of the molecule is COc1ccc(CC(=O)N/N=C(/C)CC(=O)NC2CCCCCC2)cc1OC. The maximum Gasteiger partial charge on any atom is 0.244 e. The smallest absolute Gasteiger partial charge is 0.244 e. The highest BCUT2D eigenvalue weighted by Crippen LogP contribution is 2.27. The van der Waals surface area contributed by atoms with Gasteiger partial charge in [-0.2, -0.15) is 5.10 Å². The normalized spacial score (nSPS) is 15.5.